The molecule has 0 aliphatic heterocycles. The van der Waals surface area contributed by atoms with Crippen LogP contribution in [0.1, 0.15) is 123 Å². The van der Waals surface area contributed by atoms with Gasteiger partial charge >= 0.3 is 11.9 Å². The smallest absolute Gasteiger partial charge is 0.306 e. The average molecular weight is 752 g/mol. The minimum Gasteiger partial charge on any atom is -0.544 e. The fourth-order valence-electron chi connectivity index (χ4n) is 5.07. The van der Waals surface area contributed by atoms with Crippen molar-refractivity contribution in [2.24, 2.45) is 0 Å². The number of carbonyl (C=O) groups excluding carboxylic acids is 3. The number of allylic oxidation sites excluding steroid dienone is 16. The van der Waals surface area contributed by atoms with Crippen molar-refractivity contribution in [3.63, 3.8) is 0 Å². The Hall–Kier alpha value is -3.75. The molecule has 0 bridgehead atoms. The lowest BCUT2D eigenvalue weighted by molar-refractivity contribution is -0.889. The Morgan fingerprint density at radius 1 is 0.593 bits per heavy atom. The highest BCUT2D eigenvalue weighted by molar-refractivity contribution is 5.70. The van der Waals surface area contributed by atoms with E-state index in [0.29, 0.717) is 12.8 Å². The molecule has 2 unspecified atom stereocenters. The number of carboxylic acids is 1. The van der Waals surface area contributed by atoms with Gasteiger partial charge in [0.2, 0.25) is 0 Å². The standard InChI is InChI=1S/C46H73NO7/c1-6-8-10-12-14-16-18-19-20-21-22-23-24-25-27-29-31-33-35-37-45(49)54-42(40-52-39-38-43(46(50)51)47(3,4)5)41-53-44(48)36-34-32-30-28-26-17-15-13-11-9-7-2/h8,10,13-17,19-20,22-23,25-27,31,33,42-43H,6-7,9,11-12,18,21,24,28-30,32,34-41H2,1-5H3/b10-8+,15-13+,16-14+,20-19+,23-22+,26-17+,27-25+,33-31+. The van der Waals surface area contributed by atoms with Crippen molar-refractivity contribution in [2.45, 2.75) is 135 Å². The van der Waals surface area contributed by atoms with Crippen molar-refractivity contribution < 1.29 is 38.2 Å². The van der Waals surface area contributed by atoms with Gasteiger partial charge in [-0.15, -0.1) is 0 Å². The first-order valence-corrected chi connectivity index (χ1v) is 20.3. The van der Waals surface area contributed by atoms with Crippen molar-refractivity contribution in [3.05, 3.63) is 97.2 Å². The molecule has 0 N–H and O–H groups in total. The second kappa shape index (κ2) is 36.2. The molecule has 0 saturated carbocycles. The molecule has 0 aromatic carbocycles. The second-order valence-corrected chi connectivity index (χ2v) is 14.2. The van der Waals surface area contributed by atoms with Crippen LogP contribution in [-0.2, 0) is 28.6 Å². The molecule has 0 saturated heterocycles. The summed E-state index contributed by atoms with van der Waals surface area (Å²) in [6.45, 7) is 4.34. The van der Waals surface area contributed by atoms with Gasteiger partial charge in [-0.2, -0.15) is 0 Å². The summed E-state index contributed by atoms with van der Waals surface area (Å²) >= 11 is 0. The van der Waals surface area contributed by atoms with E-state index in [4.69, 9.17) is 14.2 Å². The number of hydrogen-bond donors (Lipinski definition) is 0. The van der Waals surface area contributed by atoms with Crippen LogP contribution in [0.3, 0.4) is 0 Å². The number of rotatable bonds is 34. The third kappa shape index (κ3) is 34.0. The van der Waals surface area contributed by atoms with Crippen molar-refractivity contribution in [1.82, 2.24) is 0 Å². The second-order valence-electron chi connectivity index (χ2n) is 14.2. The highest BCUT2D eigenvalue weighted by Crippen LogP contribution is 2.10. The molecule has 304 valence electrons. The maximum Gasteiger partial charge on any atom is 0.306 e. The molecule has 0 amide bonds. The van der Waals surface area contributed by atoms with Gasteiger partial charge in [-0.1, -0.05) is 130 Å². The summed E-state index contributed by atoms with van der Waals surface area (Å²) in [5.41, 5.74) is 0. The van der Waals surface area contributed by atoms with Crippen LogP contribution >= 0.6 is 0 Å². The summed E-state index contributed by atoms with van der Waals surface area (Å²) in [6, 6.07) is -0.747. The van der Waals surface area contributed by atoms with Gasteiger partial charge in [0.25, 0.3) is 0 Å². The zero-order valence-electron chi connectivity index (χ0n) is 34.3. The molecule has 0 aromatic rings. The average Bonchev–Trinajstić information content (AvgIpc) is 3.12. The lowest BCUT2D eigenvalue weighted by atomic mass is 10.1. The van der Waals surface area contributed by atoms with E-state index >= 15 is 0 Å². The summed E-state index contributed by atoms with van der Waals surface area (Å²) in [7, 11) is 5.35. The molecule has 0 heterocycles. The molecule has 0 spiro atoms. The Balaban J connectivity index is 4.58. The van der Waals surface area contributed by atoms with E-state index < -0.39 is 24.1 Å². The van der Waals surface area contributed by atoms with Gasteiger partial charge in [0.1, 0.15) is 12.6 Å². The van der Waals surface area contributed by atoms with E-state index in [1.165, 1.54) is 12.8 Å². The van der Waals surface area contributed by atoms with Crippen LogP contribution in [0.15, 0.2) is 97.2 Å². The van der Waals surface area contributed by atoms with E-state index in [1.807, 2.05) is 12.2 Å². The van der Waals surface area contributed by atoms with Crippen LogP contribution in [-0.4, -0.2) is 75.5 Å². The largest absolute Gasteiger partial charge is 0.544 e. The highest BCUT2D eigenvalue weighted by atomic mass is 16.6. The maximum atomic E-state index is 12.6. The number of aliphatic carboxylic acids is 1. The first-order chi connectivity index (χ1) is 26.1. The van der Waals surface area contributed by atoms with Gasteiger partial charge in [0.05, 0.1) is 40.3 Å². The minimum absolute atomic E-state index is 0.00489. The minimum atomic E-state index is -1.15. The van der Waals surface area contributed by atoms with Gasteiger partial charge in [-0.25, -0.2) is 0 Å². The van der Waals surface area contributed by atoms with E-state index in [1.54, 1.807) is 21.1 Å². The molecular formula is C46H73NO7. The molecule has 0 rings (SSSR count). The Labute approximate surface area is 328 Å². The third-order valence-corrected chi connectivity index (χ3v) is 8.25. The van der Waals surface area contributed by atoms with E-state index in [2.05, 4.69) is 98.9 Å². The molecule has 0 fully saturated rings. The number of carbonyl (C=O) groups is 3. The number of likely N-dealkylation sites (N-methyl/N-ethyl adjacent to an activating group) is 1. The number of carboxylic acid groups (broad SMARTS) is 1. The van der Waals surface area contributed by atoms with E-state index in [0.717, 1.165) is 70.6 Å². The Morgan fingerprint density at radius 3 is 1.65 bits per heavy atom. The van der Waals surface area contributed by atoms with Crippen LogP contribution in [0.25, 0.3) is 0 Å². The molecule has 8 nitrogen and oxygen atoms in total. The first kappa shape index (κ1) is 50.2. The molecule has 8 heteroatoms. The summed E-state index contributed by atoms with van der Waals surface area (Å²) in [5, 5.41) is 11.6. The van der Waals surface area contributed by atoms with Crippen molar-refractivity contribution in [1.29, 1.82) is 0 Å². The number of quaternary nitrogens is 1. The molecule has 0 radical (unpaired) electrons. The summed E-state index contributed by atoms with van der Waals surface area (Å²) < 4.78 is 17.0. The lowest BCUT2D eigenvalue weighted by Crippen LogP contribution is -2.55. The van der Waals surface area contributed by atoms with Gasteiger partial charge in [-0.05, 0) is 70.6 Å². The lowest BCUT2D eigenvalue weighted by Gasteiger charge is -2.34. The molecule has 2 atom stereocenters. The van der Waals surface area contributed by atoms with Gasteiger partial charge < -0.3 is 28.6 Å². The number of unbranched alkanes of at least 4 members (excludes halogenated alkanes) is 5. The molecule has 54 heavy (non-hydrogen) atoms. The number of ether oxygens (including phenoxy) is 3. The van der Waals surface area contributed by atoms with E-state index in [9.17, 15) is 19.5 Å². The zero-order valence-corrected chi connectivity index (χ0v) is 34.3. The van der Waals surface area contributed by atoms with Crippen LogP contribution in [0.5, 0.6) is 0 Å². The van der Waals surface area contributed by atoms with Crippen LogP contribution in [0.2, 0.25) is 0 Å². The molecule has 0 aliphatic rings. The number of nitrogens with zero attached hydrogens (tertiary/aromatic N) is 1. The monoisotopic (exact) mass is 752 g/mol. The fourth-order valence-corrected chi connectivity index (χ4v) is 5.07. The predicted molar refractivity (Wildman–Crippen MR) is 221 cm³/mol. The normalized spacial score (nSPS) is 14.0. The topological polar surface area (TPSA) is 102 Å². The summed E-state index contributed by atoms with van der Waals surface area (Å²) in [4.78, 5) is 36.7. The molecule has 0 aliphatic carbocycles. The fraction of sp³-hybridized carbons (Fsp3) is 0.587. The highest BCUT2D eigenvalue weighted by Gasteiger charge is 2.25. The predicted octanol–water partition coefficient (Wildman–Crippen LogP) is 9.40. The molecule has 0 aromatic heterocycles. The number of esters is 2. The maximum absolute atomic E-state index is 12.6. The SMILES string of the molecule is CC/C=C/C/C=C/C/C=C/C/C=C/C/C=C/C/C=C/CCC(=O)OC(COCCC(C(=O)[O-])[N+](C)(C)C)COC(=O)CCCCC/C=C/C=C/CCCC. The Kier molecular flexibility index (Phi) is 33.7. The van der Waals surface area contributed by atoms with Gasteiger partial charge in [0.15, 0.2) is 6.10 Å². The Morgan fingerprint density at radius 2 is 1.13 bits per heavy atom. The summed E-state index contributed by atoms with van der Waals surface area (Å²) in [6.07, 6.45) is 47.4. The van der Waals surface area contributed by atoms with Gasteiger partial charge in [-0.3, -0.25) is 9.59 Å². The van der Waals surface area contributed by atoms with Crippen molar-refractivity contribution >= 4 is 17.9 Å². The Bertz CT molecular complexity index is 1200. The van der Waals surface area contributed by atoms with Gasteiger partial charge in [0, 0.05) is 19.3 Å². The molecular weight excluding hydrogens is 679 g/mol. The number of hydrogen-bond acceptors (Lipinski definition) is 7. The van der Waals surface area contributed by atoms with Crippen LogP contribution in [0, 0.1) is 0 Å². The third-order valence-electron chi connectivity index (χ3n) is 8.25. The van der Waals surface area contributed by atoms with Crippen molar-refractivity contribution in [2.75, 3.05) is 41.0 Å². The first-order valence-electron chi connectivity index (χ1n) is 20.3. The van der Waals surface area contributed by atoms with Crippen molar-refractivity contribution in [3.8, 4) is 0 Å². The summed E-state index contributed by atoms with van der Waals surface area (Å²) in [5.74, 6) is -1.90. The van der Waals surface area contributed by atoms with E-state index in [-0.39, 0.29) is 43.1 Å². The quantitative estimate of drug-likeness (QED) is 0.0212. The van der Waals surface area contributed by atoms with Crippen LogP contribution < -0.4 is 5.11 Å². The zero-order chi connectivity index (χ0) is 40.0. The van der Waals surface area contributed by atoms with Crippen LogP contribution in [0.4, 0.5) is 0 Å².